The number of carbonyl (C=O) groups excluding carboxylic acids is 1. The molecule has 1 heterocycles. The summed E-state index contributed by atoms with van der Waals surface area (Å²) in [5, 5.41) is 10.3. The van der Waals surface area contributed by atoms with Crippen LogP contribution < -0.4 is 0 Å². The van der Waals surface area contributed by atoms with Crippen LogP contribution in [0.25, 0.3) is 0 Å². The molecule has 0 spiro atoms. The van der Waals surface area contributed by atoms with Crippen molar-refractivity contribution in [3.8, 4) is 0 Å². The van der Waals surface area contributed by atoms with Crippen LogP contribution in [0.4, 0.5) is 0 Å². The standard InChI is InChI=1S/C18H28O3/c1-11(9-13-10-12(2)17(20)21-13)14-6-7-15-16(19)5-4-8-18(14,15)3/h11,13-16,19H,2,4-10H2,1,3H3/t11-,13+,14-,15+,16+,18-/m1/s1. The molecule has 1 aliphatic heterocycles. The summed E-state index contributed by atoms with van der Waals surface area (Å²) in [5.74, 6) is 1.44. The predicted octanol–water partition coefficient (Wildman–Crippen LogP) is 3.46. The van der Waals surface area contributed by atoms with Crippen LogP contribution in [0.2, 0.25) is 0 Å². The largest absolute Gasteiger partial charge is 0.459 e. The Morgan fingerprint density at radius 1 is 1.43 bits per heavy atom. The van der Waals surface area contributed by atoms with Gasteiger partial charge in [-0.1, -0.05) is 26.8 Å². The topological polar surface area (TPSA) is 46.5 Å². The van der Waals surface area contributed by atoms with Gasteiger partial charge in [0, 0.05) is 12.0 Å². The highest BCUT2D eigenvalue weighted by atomic mass is 16.5. The molecule has 0 radical (unpaired) electrons. The summed E-state index contributed by atoms with van der Waals surface area (Å²) in [6, 6.07) is 0. The lowest BCUT2D eigenvalue weighted by atomic mass is 9.61. The number of esters is 1. The maximum absolute atomic E-state index is 11.5. The minimum absolute atomic E-state index is 0.0242. The molecule has 3 heteroatoms. The van der Waals surface area contributed by atoms with E-state index in [2.05, 4.69) is 20.4 Å². The molecule has 2 aliphatic carbocycles. The van der Waals surface area contributed by atoms with Crippen molar-refractivity contribution in [1.82, 2.24) is 0 Å². The van der Waals surface area contributed by atoms with Crippen molar-refractivity contribution in [2.24, 2.45) is 23.2 Å². The normalized spacial score (nSPS) is 44.5. The van der Waals surface area contributed by atoms with Gasteiger partial charge in [0.05, 0.1) is 6.10 Å². The Labute approximate surface area is 127 Å². The van der Waals surface area contributed by atoms with E-state index < -0.39 is 0 Å². The average molecular weight is 292 g/mol. The second-order valence-corrected chi connectivity index (χ2v) is 7.80. The van der Waals surface area contributed by atoms with Crippen molar-refractivity contribution in [2.45, 2.75) is 71.0 Å². The van der Waals surface area contributed by atoms with Gasteiger partial charge >= 0.3 is 5.97 Å². The van der Waals surface area contributed by atoms with Gasteiger partial charge in [-0.05, 0) is 55.3 Å². The van der Waals surface area contributed by atoms with Crippen molar-refractivity contribution in [3.05, 3.63) is 12.2 Å². The SMILES string of the molecule is C=C1C[C@H](C[C@@H](C)[C@H]2CC[C@H]3[C@@H](O)CCC[C@]23C)OC1=O. The fraction of sp³-hybridized carbons (Fsp3) is 0.833. The van der Waals surface area contributed by atoms with Gasteiger partial charge in [0.1, 0.15) is 6.10 Å². The zero-order valence-corrected chi connectivity index (χ0v) is 13.3. The first kappa shape index (κ1) is 15.1. The number of ether oxygens (including phenoxy) is 1. The van der Waals surface area contributed by atoms with Gasteiger partial charge in [0.2, 0.25) is 0 Å². The van der Waals surface area contributed by atoms with Crippen LogP contribution in [0.5, 0.6) is 0 Å². The molecule has 0 aromatic rings. The van der Waals surface area contributed by atoms with Crippen LogP contribution in [0.1, 0.15) is 58.8 Å². The van der Waals surface area contributed by atoms with Crippen LogP contribution in [-0.4, -0.2) is 23.3 Å². The quantitative estimate of drug-likeness (QED) is 0.640. The number of fused-ring (bicyclic) bond motifs is 1. The van der Waals surface area contributed by atoms with Gasteiger partial charge in [0.15, 0.2) is 0 Å². The summed E-state index contributed by atoms with van der Waals surface area (Å²) < 4.78 is 5.41. The number of hydrogen-bond donors (Lipinski definition) is 1. The lowest BCUT2D eigenvalue weighted by Gasteiger charge is -2.45. The number of aliphatic hydroxyl groups is 1. The molecule has 1 N–H and O–H groups in total. The summed E-state index contributed by atoms with van der Waals surface area (Å²) in [6.45, 7) is 8.45. The van der Waals surface area contributed by atoms with Crippen molar-refractivity contribution in [3.63, 3.8) is 0 Å². The number of hydrogen-bond acceptors (Lipinski definition) is 3. The van der Waals surface area contributed by atoms with Gasteiger partial charge in [0.25, 0.3) is 0 Å². The molecule has 21 heavy (non-hydrogen) atoms. The summed E-state index contributed by atoms with van der Waals surface area (Å²) in [4.78, 5) is 11.5. The molecular weight excluding hydrogens is 264 g/mol. The first-order valence-corrected chi connectivity index (χ1v) is 8.48. The van der Waals surface area contributed by atoms with E-state index in [1.165, 1.54) is 12.8 Å². The van der Waals surface area contributed by atoms with Crippen LogP contribution in [0, 0.1) is 23.2 Å². The van der Waals surface area contributed by atoms with Gasteiger partial charge in [-0.3, -0.25) is 0 Å². The van der Waals surface area contributed by atoms with Crippen molar-refractivity contribution >= 4 is 5.97 Å². The molecule has 3 fully saturated rings. The zero-order chi connectivity index (χ0) is 15.2. The molecule has 3 rings (SSSR count). The van der Waals surface area contributed by atoms with E-state index in [1.54, 1.807) is 0 Å². The average Bonchev–Trinajstić information content (AvgIpc) is 2.91. The molecule has 0 unspecified atom stereocenters. The van der Waals surface area contributed by atoms with Crippen LogP contribution in [0.15, 0.2) is 12.2 Å². The third kappa shape index (κ3) is 2.54. The van der Waals surface area contributed by atoms with E-state index in [0.29, 0.717) is 29.7 Å². The van der Waals surface area contributed by atoms with E-state index in [-0.39, 0.29) is 23.6 Å². The molecular formula is C18H28O3. The molecule has 3 aliphatic rings. The third-order valence-electron chi connectivity index (χ3n) is 6.52. The summed E-state index contributed by atoms with van der Waals surface area (Å²) >= 11 is 0. The fourth-order valence-corrected chi connectivity index (χ4v) is 5.47. The minimum Gasteiger partial charge on any atom is -0.459 e. The molecule has 6 atom stereocenters. The van der Waals surface area contributed by atoms with E-state index in [1.807, 2.05) is 0 Å². The van der Waals surface area contributed by atoms with Crippen LogP contribution in [0.3, 0.4) is 0 Å². The second kappa shape index (κ2) is 5.42. The highest BCUT2D eigenvalue weighted by molar-refractivity contribution is 5.89. The van der Waals surface area contributed by atoms with Gasteiger partial charge in [-0.25, -0.2) is 4.79 Å². The predicted molar refractivity (Wildman–Crippen MR) is 81.6 cm³/mol. The number of rotatable bonds is 3. The Balaban J connectivity index is 1.66. The Morgan fingerprint density at radius 3 is 2.86 bits per heavy atom. The first-order valence-electron chi connectivity index (χ1n) is 8.48. The summed E-state index contributed by atoms with van der Waals surface area (Å²) in [6.07, 6.45) is 7.27. The molecule has 3 nitrogen and oxygen atoms in total. The van der Waals surface area contributed by atoms with E-state index in [0.717, 1.165) is 25.7 Å². The summed E-state index contributed by atoms with van der Waals surface area (Å²) in [5.41, 5.74) is 0.896. The lowest BCUT2D eigenvalue weighted by Crippen LogP contribution is -2.41. The molecule has 118 valence electrons. The smallest absolute Gasteiger partial charge is 0.333 e. The number of aliphatic hydroxyl groups excluding tert-OH is 1. The highest BCUT2D eigenvalue weighted by Crippen LogP contribution is 2.58. The second-order valence-electron chi connectivity index (χ2n) is 7.80. The Morgan fingerprint density at radius 2 is 2.19 bits per heavy atom. The Kier molecular flexibility index (Phi) is 3.89. The molecule has 1 saturated heterocycles. The first-order chi connectivity index (χ1) is 9.91. The highest BCUT2D eigenvalue weighted by Gasteiger charge is 2.52. The monoisotopic (exact) mass is 292 g/mol. The van der Waals surface area contributed by atoms with Crippen LogP contribution in [-0.2, 0) is 9.53 Å². The van der Waals surface area contributed by atoms with E-state index >= 15 is 0 Å². The number of carbonyl (C=O) groups is 1. The van der Waals surface area contributed by atoms with Crippen molar-refractivity contribution in [2.75, 3.05) is 0 Å². The molecule has 0 aromatic carbocycles. The van der Waals surface area contributed by atoms with Crippen molar-refractivity contribution in [1.29, 1.82) is 0 Å². The van der Waals surface area contributed by atoms with E-state index in [4.69, 9.17) is 4.74 Å². The summed E-state index contributed by atoms with van der Waals surface area (Å²) in [7, 11) is 0. The van der Waals surface area contributed by atoms with Gasteiger partial charge < -0.3 is 9.84 Å². The molecule has 0 amide bonds. The molecule has 0 aromatic heterocycles. The van der Waals surface area contributed by atoms with Gasteiger partial charge in [-0.15, -0.1) is 0 Å². The fourth-order valence-electron chi connectivity index (χ4n) is 5.47. The Hall–Kier alpha value is -0.830. The maximum atomic E-state index is 11.5. The molecule has 0 bridgehead atoms. The van der Waals surface area contributed by atoms with Crippen LogP contribution >= 0.6 is 0 Å². The maximum Gasteiger partial charge on any atom is 0.333 e. The van der Waals surface area contributed by atoms with Gasteiger partial charge in [-0.2, -0.15) is 0 Å². The minimum atomic E-state index is -0.212. The third-order valence-corrected chi connectivity index (χ3v) is 6.52. The van der Waals surface area contributed by atoms with Crippen molar-refractivity contribution < 1.29 is 14.6 Å². The lowest BCUT2D eigenvalue weighted by molar-refractivity contribution is -0.139. The zero-order valence-electron chi connectivity index (χ0n) is 13.3. The number of cyclic esters (lactones) is 1. The Bertz CT molecular complexity index is 428. The van der Waals surface area contributed by atoms with E-state index in [9.17, 15) is 9.90 Å². The molecule has 2 saturated carbocycles.